The SMILES string of the molecule is COc1ccc(OCc2c(F)cccc2F)c(CCN)c1. The molecule has 2 aromatic rings. The predicted octanol–water partition coefficient (Wildman–Crippen LogP) is 3.05. The Morgan fingerprint density at radius 2 is 1.81 bits per heavy atom. The molecule has 0 radical (unpaired) electrons. The molecule has 0 saturated heterocycles. The third-order valence-corrected chi connectivity index (χ3v) is 3.12. The maximum atomic E-state index is 13.6. The largest absolute Gasteiger partial charge is 0.497 e. The highest BCUT2D eigenvalue weighted by Gasteiger charge is 2.11. The number of methoxy groups -OCH3 is 1. The Kier molecular flexibility index (Phi) is 5.11. The smallest absolute Gasteiger partial charge is 0.132 e. The van der Waals surface area contributed by atoms with E-state index in [0.717, 1.165) is 5.56 Å². The van der Waals surface area contributed by atoms with E-state index in [9.17, 15) is 8.78 Å². The van der Waals surface area contributed by atoms with Crippen molar-refractivity contribution in [1.82, 2.24) is 0 Å². The molecule has 0 saturated carbocycles. The molecule has 2 rings (SSSR count). The van der Waals surface area contributed by atoms with E-state index in [1.807, 2.05) is 0 Å². The molecule has 0 bridgehead atoms. The second kappa shape index (κ2) is 7.04. The Morgan fingerprint density at radius 1 is 1.10 bits per heavy atom. The first-order chi connectivity index (χ1) is 10.2. The molecule has 2 aromatic carbocycles. The van der Waals surface area contributed by atoms with Crippen molar-refractivity contribution in [3.63, 3.8) is 0 Å². The van der Waals surface area contributed by atoms with Crippen LogP contribution in [0.1, 0.15) is 11.1 Å². The first-order valence-corrected chi connectivity index (χ1v) is 6.58. The molecular weight excluding hydrogens is 276 g/mol. The van der Waals surface area contributed by atoms with Gasteiger partial charge in [-0.1, -0.05) is 6.07 Å². The Hall–Kier alpha value is -2.14. The molecule has 21 heavy (non-hydrogen) atoms. The lowest BCUT2D eigenvalue weighted by atomic mass is 10.1. The zero-order valence-corrected chi connectivity index (χ0v) is 11.7. The minimum atomic E-state index is -0.621. The monoisotopic (exact) mass is 293 g/mol. The molecule has 0 spiro atoms. The summed E-state index contributed by atoms with van der Waals surface area (Å²) in [7, 11) is 1.57. The topological polar surface area (TPSA) is 44.5 Å². The van der Waals surface area contributed by atoms with Crippen LogP contribution < -0.4 is 15.2 Å². The van der Waals surface area contributed by atoms with Gasteiger partial charge in [0.2, 0.25) is 0 Å². The van der Waals surface area contributed by atoms with Crippen molar-refractivity contribution >= 4 is 0 Å². The van der Waals surface area contributed by atoms with Gasteiger partial charge >= 0.3 is 0 Å². The molecule has 3 nitrogen and oxygen atoms in total. The summed E-state index contributed by atoms with van der Waals surface area (Å²) in [6, 6.07) is 8.98. The highest BCUT2D eigenvalue weighted by molar-refractivity contribution is 5.40. The van der Waals surface area contributed by atoms with E-state index in [-0.39, 0.29) is 12.2 Å². The molecule has 0 fully saturated rings. The van der Waals surface area contributed by atoms with Crippen molar-refractivity contribution in [2.24, 2.45) is 5.73 Å². The van der Waals surface area contributed by atoms with E-state index in [1.165, 1.54) is 18.2 Å². The van der Waals surface area contributed by atoms with E-state index < -0.39 is 11.6 Å². The summed E-state index contributed by atoms with van der Waals surface area (Å²) < 4.78 is 37.8. The van der Waals surface area contributed by atoms with Crippen LogP contribution in [0.5, 0.6) is 11.5 Å². The average molecular weight is 293 g/mol. The van der Waals surface area contributed by atoms with Crippen molar-refractivity contribution in [3.8, 4) is 11.5 Å². The van der Waals surface area contributed by atoms with Gasteiger partial charge in [0.05, 0.1) is 12.7 Å². The lowest BCUT2D eigenvalue weighted by Gasteiger charge is -2.13. The molecule has 0 aromatic heterocycles. The number of hydrogen-bond acceptors (Lipinski definition) is 3. The lowest BCUT2D eigenvalue weighted by molar-refractivity contribution is 0.289. The molecule has 0 heterocycles. The van der Waals surface area contributed by atoms with Crippen LogP contribution in [0.4, 0.5) is 8.78 Å². The summed E-state index contributed by atoms with van der Waals surface area (Å²) in [4.78, 5) is 0. The van der Waals surface area contributed by atoms with Crippen LogP contribution in [-0.2, 0) is 13.0 Å². The summed E-state index contributed by atoms with van der Waals surface area (Å²) in [5, 5.41) is 0. The van der Waals surface area contributed by atoms with E-state index in [4.69, 9.17) is 15.2 Å². The first-order valence-electron chi connectivity index (χ1n) is 6.58. The average Bonchev–Trinajstić information content (AvgIpc) is 2.48. The van der Waals surface area contributed by atoms with Gasteiger partial charge in [-0.05, 0) is 48.9 Å². The highest BCUT2D eigenvalue weighted by Crippen LogP contribution is 2.26. The van der Waals surface area contributed by atoms with Gasteiger partial charge in [0.25, 0.3) is 0 Å². The van der Waals surface area contributed by atoms with Crippen molar-refractivity contribution in [1.29, 1.82) is 0 Å². The standard InChI is InChI=1S/C16H17F2NO2/c1-20-12-5-6-16(11(9-12)7-8-19)21-10-13-14(17)3-2-4-15(13)18/h2-6,9H,7-8,10,19H2,1H3. The van der Waals surface area contributed by atoms with Crippen molar-refractivity contribution in [2.45, 2.75) is 13.0 Å². The Morgan fingerprint density at radius 3 is 2.43 bits per heavy atom. The number of nitrogens with two attached hydrogens (primary N) is 1. The maximum absolute atomic E-state index is 13.6. The van der Waals surface area contributed by atoms with Gasteiger partial charge in [-0.3, -0.25) is 0 Å². The van der Waals surface area contributed by atoms with Gasteiger partial charge < -0.3 is 15.2 Å². The van der Waals surface area contributed by atoms with E-state index in [1.54, 1.807) is 25.3 Å². The first kappa shape index (κ1) is 15.3. The second-order valence-corrected chi connectivity index (χ2v) is 4.50. The van der Waals surface area contributed by atoms with Crippen LogP contribution in [0.3, 0.4) is 0 Å². The lowest BCUT2D eigenvalue weighted by Crippen LogP contribution is -2.07. The summed E-state index contributed by atoms with van der Waals surface area (Å²) in [5.41, 5.74) is 6.31. The summed E-state index contributed by atoms with van der Waals surface area (Å²) in [5.74, 6) is -0.0143. The molecule has 0 amide bonds. The van der Waals surface area contributed by atoms with Gasteiger partial charge in [0.1, 0.15) is 29.7 Å². The number of hydrogen-bond donors (Lipinski definition) is 1. The van der Waals surface area contributed by atoms with Gasteiger partial charge in [-0.15, -0.1) is 0 Å². The summed E-state index contributed by atoms with van der Waals surface area (Å²) >= 11 is 0. The fourth-order valence-corrected chi connectivity index (χ4v) is 1.99. The van der Waals surface area contributed by atoms with Crippen molar-refractivity contribution in [3.05, 3.63) is 59.2 Å². The number of rotatable bonds is 6. The number of ether oxygens (including phenoxy) is 2. The Bertz CT molecular complexity index is 597. The molecule has 0 aliphatic carbocycles. The third kappa shape index (κ3) is 3.70. The fourth-order valence-electron chi connectivity index (χ4n) is 1.99. The summed E-state index contributed by atoms with van der Waals surface area (Å²) in [6.07, 6.45) is 0.590. The molecule has 5 heteroatoms. The maximum Gasteiger partial charge on any atom is 0.132 e. The molecule has 0 unspecified atom stereocenters. The van der Waals surface area contributed by atoms with E-state index in [2.05, 4.69) is 0 Å². The molecule has 0 aliphatic rings. The Labute approximate surface area is 122 Å². The van der Waals surface area contributed by atoms with Crippen LogP contribution in [0.2, 0.25) is 0 Å². The van der Waals surface area contributed by atoms with Crippen LogP contribution >= 0.6 is 0 Å². The zero-order valence-electron chi connectivity index (χ0n) is 11.7. The molecule has 2 N–H and O–H groups in total. The second-order valence-electron chi connectivity index (χ2n) is 4.50. The van der Waals surface area contributed by atoms with Gasteiger partial charge in [0.15, 0.2) is 0 Å². The molecular formula is C16H17F2NO2. The predicted molar refractivity (Wildman–Crippen MR) is 76.4 cm³/mol. The fraction of sp³-hybridized carbons (Fsp3) is 0.250. The summed E-state index contributed by atoms with van der Waals surface area (Å²) in [6.45, 7) is 0.264. The Balaban J connectivity index is 2.19. The number of benzene rings is 2. The van der Waals surface area contributed by atoms with Crippen LogP contribution in [0, 0.1) is 11.6 Å². The minimum Gasteiger partial charge on any atom is -0.497 e. The quantitative estimate of drug-likeness (QED) is 0.890. The number of halogens is 2. The normalized spacial score (nSPS) is 10.5. The van der Waals surface area contributed by atoms with Gasteiger partial charge in [-0.25, -0.2) is 8.78 Å². The van der Waals surface area contributed by atoms with Gasteiger partial charge in [0, 0.05) is 0 Å². The van der Waals surface area contributed by atoms with Crippen molar-refractivity contribution < 1.29 is 18.3 Å². The van der Waals surface area contributed by atoms with Gasteiger partial charge in [-0.2, -0.15) is 0 Å². The van der Waals surface area contributed by atoms with Crippen LogP contribution in [0.15, 0.2) is 36.4 Å². The molecule has 0 atom stereocenters. The highest BCUT2D eigenvalue weighted by atomic mass is 19.1. The van der Waals surface area contributed by atoms with E-state index in [0.29, 0.717) is 24.5 Å². The zero-order chi connectivity index (χ0) is 15.2. The third-order valence-electron chi connectivity index (χ3n) is 3.12. The minimum absolute atomic E-state index is 0.0907. The molecule has 112 valence electrons. The van der Waals surface area contributed by atoms with Crippen LogP contribution in [0.25, 0.3) is 0 Å². The van der Waals surface area contributed by atoms with Crippen molar-refractivity contribution in [2.75, 3.05) is 13.7 Å². The van der Waals surface area contributed by atoms with E-state index >= 15 is 0 Å². The van der Waals surface area contributed by atoms with Crippen LogP contribution in [-0.4, -0.2) is 13.7 Å². The molecule has 0 aliphatic heterocycles.